The second-order valence-electron chi connectivity index (χ2n) is 4.73. The molecule has 1 amide bonds. The number of hydrogen-bond donors (Lipinski definition) is 2. The molecule has 2 N–H and O–H groups in total. The van der Waals surface area contributed by atoms with Crippen LogP contribution in [0, 0.1) is 10.1 Å². The third kappa shape index (κ3) is 4.76. The van der Waals surface area contributed by atoms with E-state index in [0.29, 0.717) is 10.2 Å². The molecule has 0 aromatic heterocycles. The van der Waals surface area contributed by atoms with Crippen LogP contribution in [0.3, 0.4) is 0 Å². The Bertz CT molecular complexity index is 532. The monoisotopic (exact) mass is 357 g/mol. The minimum Gasteiger partial charge on any atom is -0.368 e. The molecule has 8 heteroatoms. The lowest BCUT2D eigenvalue weighted by atomic mass is 10.1. The Hall–Kier alpha value is -1.51. The summed E-state index contributed by atoms with van der Waals surface area (Å²) in [6.07, 6.45) is 1.90. The van der Waals surface area contributed by atoms with Crippen molar-refractivity contribution >= 4 is 33.2 Å². The van der Waals surface area contributed by atoms with E-state index in [2.05, 4.69) is 26.6 Å². The molecule has 0 saturated carbocycles. The number of benzene rings is 1. The molecule has 0 bridgehead atoms. The fourth-order valence-electron chi connectivity index (χ4n) is 2.06. The Morgan fingerprint density at radius 2 is 2.19 bits per heavy atom. The van der Waals surface area contributed by atoms with E-state index >= 15 is 0 Å². The zero-order valence-corrected chi connectivity index (χ0v) is 12.9. The van der Waals surface area contributed by atoms with Crippen LogP contribution in [0.1, 0.15) is 12.8 Å². The van der Waals surface area contributed by atoms with Gasteiger partial charge in [-0.25, -0.2) is 0 Å². The van der Waals surface area contributed by atoms with Gasteiger partial charge >= 0.3 is 0 Å². The molecule has 114 valence electrons. The largest absolute Gasteiger partial charge is 0.368 e. The number of ether oxygens (including phenoxy) is 1. The van der Waals surface area contributed by atoms with E-state index in [0.717, 1.165) is 25.9 Å². The van der Waals surface area contributed by atoms with E-state index in [1.165, 1.54) is 18.2 Å². The number of nitrogens with zero attached hydrogens (tertiary/aromatic N) is 1. The van der Waals surface area contributed by atoms with E-state index in [-0.39, 0.29) is 24.3 Å². The first-order chi connectivity index (χ1) is 10.1. The second kappa shape index (κ2) is 7.48. The highest BCUT2D eigenvalue weighted by Gasteiger charge is 2.16. The lowest BCUT2D eigenvalue weighted by Gasteiger charge is -2.22. The molecule has 0 atom stereocenters. The molecular weight excluding hydrogens is 342 g/mol. The average Bonchev–Trinajstić information content (AvgIpc) is 2.48. The van der Waals surface area contributed by atoms with Crippen LogP contribution in [0.25, 0.3) is 0 Å². The molecule has 2 rings (SSSR count). The lowest BCUT2D eigenvalue weighted by molar-refractivity contribution is -0.384. The van der Waals surface area contributed by atoms with E-state index in [4.69, 9.17) is 4.74 Å². The van der Waals surface area contributed by atoms with E-state index in [1.54, 1.807) is 0 Å². The number of nitro groups is 1. The predicted molar refractivity (Wildman–Crippen MR) is 81.3 cm³/mol. The number of nitro benzene ring substituents is 1. The number of non-ortho nitro benzene ring substituents is 1. The Morgan fingerprint density at radius 1 is 1.48 bits per heavy atom. The number of halogens is 1. The van der Waals surface area contributed by atoms with Crippen molar-refractivity contribution in [2.75, 3.05) is 25.0 Å². The van der Waals surface area contributed by atoms with Gasteiger partial charge in [0.05, 0.1) is 16.7 Å². The van der Waals surface area contributed by atoms with Gasteiger partial charge in [-0.15, -0.1) is 0 Å². The van der Waals surface area contributed by atoms with Crippen LogP contribution >= 0.6 is 15.9 Å². The number of anilines is 1. The molecule has 0 unspecified atom stereocenters. The zero-order valence-electron chi connectivity index (χ0n) is 11.3. The molecule has 21 heavy (non-hydrogen) atoms. The Morgan fingerprint density at radius 3 is 2.81 bits per heavy atom. The van der Waals surface area contributed by atoms with Crippen LogP contribution in [0.15, 0.2) is 22.7 Å². The number of rotatable bonds is 5. The molecule has 1 heterocycles. The summed E-state index contributed by atoms with van der Waals surface area (Å²) < 4.78 is 6.01. The van der Waals surface area contributed by atoms with Gasteiger partial charge in [0.15, 0.2) is 0 Å². The van der Waals surface area contributed by atoms with E-state index < -0.39 is 4.92 Å². The molecule has 1 aromatic carbocycles. The first-order valence-corrected chi connectivity index (χ1v) is 7.41. The number of hydrogen-bond acceptors (Lipinski definition) is 5. The van der Waals surface area contributed by atoms with Crippen molar-refractivity contribution in [2.45, 2.75) is 18.9 Å². The number of nitrogens with one attached hydrogen (secondary N) is 2. The first kappa shape index (κ1) is 15.9. The van der Waals surface area contributed by atoms with Crippen molar-refractivity contribution < 1.29 is 14.5 Å². The fourth-order valence-corrected chi connectivity index (χ4v) is 2.53. The summed E-state index contributed by atoms with van der Waals surface area (Å²) in [5, 5.41) is 16.5. The predicted octanol–water partition coefficient (Wildman–Crippen LogP) is 2.06. The summed E-state index contributed by atoms with van der Waals surface area (Å²) >= 11 is 3.20. The number of carbonyl (C=O) groups excluding carboxylic acids is 1. The maximum atomic E-state index is 11.8. The van der Waals surface area contributed by atoms with Gasteiger partial charge in [0.2, 0.25) is 5.91 Å². The van der Waals surface area contributed by atoms with Crippen LogP contribution in [0.2, 0.25) is 0 Å². The van der Waals surface area contributed by atoms with Crippen LogP contribution in [0.4, 0.5) is 11.4 Å². The number of amides is 1. The summed E-state index contributed by atoms with van der Waals surface area (Å²) in [4.78, 5) is 22.0. The van der Waals surface area contributed by atoms with Crippen molar-refractivity contribution in [3.8, 4) is 0 Å². The maximum absolute atomic E-state index is 11.8. The third-order valence-corrected chi connectivity index (χ3v) is 3.83. The minimum absolute atomic E-state index is 0.0197. The summed E-state index contributed by atoms with van der Waals surface area (Å²) in [6.45, 7) is 1.79. The maximum Gasteiger partial charge on any atom is 0.270 e. The smallest absolute Gasteiger partial charge is 0.270 e. The number of carbonyl (C=O) groups is 1. The average molecular weight is 358 g/mol. The minimum atomic E-state index is -0.490. The van der Waals surface area contributed by atoms with Gasteiger partial charge in [-0.05, 0) is 47.9 Å². The van der Waals surface area contributed by atoms with Gasteiger partial charge in [-0.1, -0.05) is 0 Å². The van der Waals surface area contributed by atoms with E-state index in [1.807, 2.05) is 0 Å². The summed E-state index contributed by atoms with van der Waals surface area (Å²) in [5.41, 5.74) is 0.449. The van der Waals surface area contributed by atoms with Crippen LogP contribution < -0.4 is 10.6 Å². The standard InChI is InChI=1S/C13H16BrN3O4/c14-11-7-9(17(19)20)1-2-12(11)16-13(18)8-21-10-3-5-15-6-4-10/h1-2,7,10,15H,3-6,8H2,(H,16,18). The normalized spacial score (nSPS) is 15.7. The molecule has 0 spiro atoms. The highest BCUT2D eigenvalue weighted by molar-refractivity contribution is 9.10. The molecule has 0 radical (unpaired) electrons. The number of piperidine rings is 1. The molecule has 1 saturated heterocycles. The lowest BCUT2D eigenvalue weighted by Crippen LogP contribution is -2.34. The topological polar surface area (TPSA) is 93.5 Å². The SMILES string of the molecule is O=C(COC1CCNCC1)Nc1ccc([N+](=O)[O-])cc1Br. The van der Waals surface area contributed by atoms with Gasteiger partial charge in [-0.2, -0.15) is 0 Å². The zero-order chi connectivity index (χ0) is 15.2. The van der Waals surface area contributed by atoms with E-state index in [9.17, 15) is 14.9 Å². The van der Waals surface area contributed by atoms with Gasteiger partial charge in [-0.3, -0.25) is 14.9 Å². The van der Waals surface area contributed by atoms with Gasteiger partial charge < -0.3 is 15.4 Å². The third-order valence-electron chi connectivity index (χ3n) is 3.17. The van der Waals surface area contributed by atoms with Crippen LogP contribution in [0.5, 0.6) is 0 Å². The van der Waals surface area contributed by atoms with Crippen LogP contribution in [-0.4, -0.2) is 36.6 Å². The molecule has 1 aliphatic rings. The fraction of sp³-hybridized carbons (Fsp3) is 0.462. The Labute approximate surface area is 130 Å². The summed E-state index contributed by atoms with van der Waals surface area (Å²) in [7, 11) is 0. The van der Waals surface area contributed by atoms with Crippen molar-refractivity contribution in [2.24, 2.45) is 0 Å². The van der Waals surface area contributed by atoms with Crippen molar-refractivity contribution in [1.82, 2.24) is 5.32 Å². The molecule has 1 aliphatic heterocycles. The molecule has 7 nitrogen and oxygen atoms in total. The van der Waals surface area contributed by atoms with Gasteiger partial charge in [0, 0.05) is 16.6 Å². The van der Waals surface area contributed by atoms with Gasteiger partial charge in [0.1, 0.15) is 6.61 Å². The Kier molecular flexibility index (Phi) is 5.66. The molecule has 1 aromatic rings. The molecular formula is C13H16BrN3O4. The Balaban J connectivity index is 1.85. The van der Waals surface area contributed by atoms with Crippen molar-refractivity contribution in [3.05, 3.63) is 32.8 Å². The highest BCUT2D eigenvalue weighted by atomic mass is 79.9. The highest BCUT2D eigenvalue weighted by Crippen LogP contribution is 2.27. The first-order valence-electron chi connectivity index (χ1n) is 6.62. The van der Waals surface area contributed by atoms with Crippen molar-refractivity contribution in [1.29, 1.82) is 0 Å². The second-order valence-corrected chi connectivity index (χ2v) is 5.58. The van der Waals surface area contributed by atoms with Crippen molar-refractivity contribution in [3.63, 3.8) is 0 Å². The molecule has 1 fully saturated rings. The summed E-state index contributed by atoms with van der Waals surface area (Å²) in [5.74, 6) is -0.275. The quantitative estimate of drug-likeness (QED) is 0.621. The summed E-state index contributed by atoms with van der Waals surface area (Å²) in [6, 6.07) is 4.18. The van der Waals surface area contributed by atoms with Crippen LogP contribution in [-0.2, 0) is 9.53 Å². The van der Waals surface area contributed by atoms with Gasteiger partial charge in [0.25, 0.3) is 5.69 Å². The molecule has 0 aliphatic carbocycles.